The molecule has 1 fully saturated rings. The van der Waals surface area contributed by atoms with Gasteiger partial charge in [0, 0.05) is 31.7 Å². The number of hydrogen-bond acceptors (Lipinski definition) is 3. The molecule has 0 saturated carbocycles. The maximum absolute atomic E-state index is 13.0. The first-order valence-corrected chi connectivity index (χ1v) is 7.72. The molecule has 3 N–H and O–H groups in total. The normalized spacial score (nSPS) is 17.2. The summed E-state index contributed by atoms with van der Waals surface area (Å²) in [7, 11) is 0. The van der Waals surface area contributed by atoms with Crippen molar-refractivity contribution in [2.45, 2.75) is 32.1 Å². The molecule has 0 bridgehead atoms. The lowest BCUT2D eigenvalue weighted by Crippen LogP contribution is -2.51. The van der Waals surface area contributed by atoms with Crippen molar-refractivity contribution >= 4 is 18.3 Å². The maximum atomic E-state index is 13.0. The van der Waals surface area contributed by atoms with Crippen LogP contribution in [-0.4, -0.2) is 32.2 Å². The van der Waals surface area contributed by atoms with E-state index >= 15 is 0 Å². The van der Waals surface area contributed by atoms with Gasteiger partial charge in [-0.15, -0.1) is 12.4 Å². The topological polar surface area (TPSA) is 64.4 Å². The van der Waals surface area contributed by atoms with Crippen LogP contribution in [0.1, 0.15) is 32.3 Å². The quantitative estimate of drug-likeness (QED) is 0.862. The summed E-state index contributed by atoms with van der Waals surface area (Å²) >= 11 is 0. The molecule has 0 aromatic heterocycles. The van der Waals surface area contributed by atoms with Gasteiger partial charge in [-0.25, -0.2) is 4.39 Å². The lowest BCUT2D eigenvalue weighted by Gasteiger charge is -2.36. The van der Waals surface area contributed by atoms with E-state index in [1.165, 1.54) is 12.1 Å². The summed E-state index contributed by atoms with van der Waals surface area (Å²) in [5.41, 5.74) is 6.05. The Balaban J connectivity index is 0.00000264. The Morgan fingerprint density at radius 3 is 2.39 bits per heavy atom. The fourth-order valence-corrected chi connectivity index (χ4v) is 2.78. The SMILES string of the molecule is CC(C)(CNC(=O)C1(CN)CCOCC1)c1ccc(F)cc1.Cl. The van der Waals surface area contributed by atoms with E-state index in [-0.39, 0.29) is 29.5 Å². The maximum Gasteiger partial charge on any atom is 0.227 e. The second-order valence-electron chi connectivity index (χ2n) is 6.67. The zero-order valence-corrected chi connectivity index (χ0v) is 14.5. The number of hydrogen-bond donors (Lipinski definition) is 2. The number of benzene rings is 1. The first kappa shape index (κ1) is 19.9. The molecule has 1 aromatic carbocycles. The van der Waals surface area contributed by atoms with Crippen molar-refractivity contribution in [3.8, 4) is 0 Å². The molecule has 0 atom stereocenters. The van der Waals surface area contributed by atoms with Gasteiger partial charge in [0.2, 0.25) is 5.91 Å². The minimum atomic E-state index is -0.517. The van der Waals surface area contributed by atoms with Gasteiger partial charge in [0.05, 0.1) is 5.41 Å². The van der Waals surface area contributed by atoms with Crippen LogP contribution in [0.3, 0.4) is 0 Å². The summed E-state index contributed by atoms with van der Waals surface area (Å²) in [6.45, 7) is 6.02. The van der Waals surface area contributed by atoms with Crippen molar-refractivity contribution in [1.29, 1.82) is 0 Å². The molecular formula is C17H26ClFN2O2. The van der Waals surface area contributed by atoms with Crippen molar-refractivity contribution < 1.29 is 13.9 Å². The first-order chi connectivity index (χ1) is 10.4. The molecule has 0 radical (unpaired) electrons. The predicted octanol–water partition coefficient (Wildman–Crippen LogP) is 2.40. The average molecular weight is 345 g/mol. The van der Waals surface area contributed by atoms with Crippen molar-refractivity contribution in [3.63, 3.8) is 0 Å². The Morgan fingerprint density at radius 1 is 1.30 bits per heavy atom. The number of carbonyl (C=O) groups excluding carboxylic acids is 1. The van der Waals surface area contributed by atoms with Gasteiger partial charge in [0.1, 0.15) is 5.82 Å². The van der Waals surface area contributed by atoms with E-state index in [1.807, 2.05) is 13.8 Å². The molecule has 1 aliphatic heterocycles. The lowest BCUT2D eigenvalue weighted by atomic mass is 9.78. The summed E-state index contributed by atoms with van der Waals surface area (Å²) in [5.74, 6) is -0.263. The van der Waals surface area contributed by atoms with Crippen LogP contribution in [-0.2, 0) is 14.9 Å². The summed E-state index contributed by atoms with van der Waals surface area (Å²) in [6.07, 6.45) is 1.32. The fourth-order valence-electron chi connectivity index (χ4n) is 2.78. The highest BCUT2D eigenvalue weighted by molar-refractivity contribution is 5.85. The smallest absolute Gasteiger partial charge is 0.227 e. The van der Waals surface area contributed by atoms with Crippen molar-refractivity contribution in [1.82, 2.24) is 5.32 Å². The van der Waals surface area contributed by atoms with Gasteiger partial charge >= 0.3 is 0 Å². The minimum absolute atomic E-state index is 0. The van der Waals surface area contributed by atoms with Gasteiger partial charge in [-0.1, -0.05) is 26.0 Å². The van der Waals surface area contributed by atoms with Gasteiger partial charge in [-0.2, -0.15) is 0 Å². The summed E-state index contributed by atoms with van der Waals surface area (Å²) < 4.78 is 18.4. The largest absolute Gasteiger partial charge is 0.381 e. The number of nitrogens with one attached hydrogen (secondary N) is 1. The number of amides is 1. The zero-order chi connectivity index (χ0) is 16.2. The molecule has 130 valence electrons. The molecule has 1 saturated heterocycles. The summed E-state index contributed by atoms with van der Waals surface area (Å²) in [5, 5.41) is 3.03. The second kappa shape index (κ2) is 8.08. The molecule has 0 spiro atoms. The highest BCUT2D eigenvalue weighted by Crippen LogP contribution is 2.30. The standard InChI is InChI=1S/C17H25FN2O2.ClH/c1-16(2,13-3-5-14(18)6-4-13)12-20-15(21)17(11-19)7-9-22-10-8-17;/h3-6H,7-12,19H2,1-2H3,(H,20,21);1H. The number of halogens is 2. The highest BCUT2D eigenvalue weighted by Gasteiger charge is 2.39. The Hall–Kier alpha value is -1.17. The van der Waals surface area contributed by atoms with E-state index in [4.69, 9.17) is 10.5 Å². The second-order valence-corrected chi connectivity index (χ2v) is 6.67. The molecule has 1 aliphatic rings. The van der Waals surface area contributed by atoms with E-state index < -0.39 is 5.41 Å². The van der Waals surface area contributed by atoms with Crippen LogP contribution in [0.2, 0.25) is 0 Å². The minimum Gasteiger partial charge on any atom is -0.381 e. The Morgan fingerprint density at radius 2 is 1.87 bits per heavy atom. The van der Waals surface area contributed by atoms with Crippen molar-refractivity contribution in [2.75, 3.05) is 26.3 Å². The van der Waals surface area contributed by atoms with E-state index in [9.17, 15) is 9.18 Å². The average Bonchev–Trinajstić information content (AvgIpc) is 2.53. The van der Waals surface area contributed by atoms with Crippen LogP contribution in [0.15, 0.2) is 24.3 Å². The summed E-state index contributed by atoms with van der Waals surface area (Å²) in [6, 6.07) is 6.40. The third-order valence-corrected chi connectivity index (χ3v) is 4.64. The molecule has 1 amide bonds. The van der Waals surface area contributed by atoms with Crippen LogP contribution in [0.25, 0.3) is 0 Å². The predicted molar refractivity (Wildman–Crippen MR) is 91.2 cm³/mol. The van der Waals surface area contributed by atoms with Crippen LogP contribution >= 0.6 is 12.4 Å². The molecule has 0 unspecified atom stereocenters. The van der Waals surface area contributed by atoms with Gasteiger partial charge in [-0.05, 0) is 30.5 Å². The Labute approximate surface area is 143 Å². The van der Waals surface area contributed by atoms with E-state index in [0.29, 0.717) is 39.1 Å². The number of ether oxygens (including phenoxy) is 1. The Kier molecular flexibility index (Phi) is 6.99. The molecule has 0 aliphatic carbocycles. The van der Waals surface area contributed by atoms with Crippen molar-refractivity contribution in [2.24, 2.45) is 11.1 Å². The third kappa shape index (κ3) is 4.66. The first-order valence-electron chi connectivity index (χ1n) is 7.72. The fraction of sp³-hybridized carbons (Fsp3) is 0.588. The van der Waals surface area contributed by atoms with E-state index in [0.717, 1.165) is 5.56 Å². The molecule has 1 heterocycles. The number of rotatable bonds is 5. The van der Waals surface area contributed by atoms with Crippen LogP contribution in [0.4, 0.5) is 4.39 Å². The highest BCUT2D eigenvalue weighted by atomic mass is 35.5. The number of carbonyl (C=O) groups is 1. The van der Waals surface area contributed by atoms with Gasteiger partial charge in [0.15, 0.2) is 0 Å². The van der Waals surface area contributed by atoms with E-state index in [2.05, 4.69) is 5.32 Å². The van der Waals surface area contributed by atoms with Gasteiger partial charge in [-0.3, -0.25) is 4.79 Å². The van der Waals surface area contributed by atoms with Crippen molar-refractivity contribution in [3.05, 3.63) is 35.6 Å². The lowest BCUT2D eigenvalue weighted by molar-refractivity contribution is -0.136. The monoisotopic (exact) mass is 344 g/mol. The van der Waals surface area contributed by atoms with Crippen LogP contribution in [0, 0.1) is 11.2 Å². The molecule has 23 heavy (non-hydrogen) atoms. The van der Waals surface area contributed by atoms with Gasteiger partial charge < -0.3 is 15.8 Å². The molecule has 4 nitrogen and oxygen atoms in total. The zero-order valence-electron chi connectivity index (χ0n) is 13.7. The van der Waals surface area contributed by atoms with Crippen LogP contribution < -0.4 is 11.1 Å². The van der Waals surface area contributed by atoms with E-state index in [1.54, 1.807) is 12.1 Å². The summed E-state index contributed by atoms with van der Waals surface area (Å²) in [4.78, 5) is 12.6. The van der Waals surface area contributed by atoms with Gasteiger partial charge in [0.25, 0.3) is 0 Å². The third-order valence-electron chi connectivity index (χ3n) is 4.64. The molecular weight excluding hydrogens is 319 g/mol. The van der Waals surface area contributed by atoms with Crippen LogP contribution in [0.5, 0.6) is 0 Å². The molecule has 6 heteroatoms. The number of nitrogens with two attached hydrogens (primary N) is 1. The Bertz CT molecular complexity index is 514. The molecule has 1 aromatic rings. The molecule has 2 rings (SSSR count).